The summed E-state index contributed by atoms with van der Waals surface area (Å²) in [4.78, 5) is 5.41. The molecule has 0 spiro atoms. The summed E-state index contributed by atoms with van der Waals surface area (Å²) in [6.07, 6.45) is 4.72. The molecule has 1 saturated heterocycles. The van der Waals surface area contributed by atoms with E-state index < -0.39 is 0 Å². The normalized spacial score (nSPS) is 23.3. The van der Waals surface area contributed by atoms with Crippen LogP contribution in [0, 0.1) is 37.4 Å². The second-order valence-corrected chi connectivity index (χ2v) is 8.73. The third-order valence-corrected chi connectivity index (χ3v) is 7.20. The van der Waals surface area contributed by atoms with E-state index in [9.17, 15) is 0 Å². The van der Waals surface area contributed by atoms with E-state index in [1.54, 1.807) is 5.56 Å². The van der Waals surface area contributed by atoms with Gasteiger partial charge >= 0.3 is 0 Å². The third kappa shape index (κ3) is 3.67. The van der Waals surface area contributed by atoms with E-state index in [0.717, 1.165) is 32.5 Å². The third-order valence-electron chi connectivity index (χ3n) is 7.20. The zero-order valence-electron chi connectivity index (χ0n) is 17.9. The number of piperidine rings is 1. The van der Waals surface area contributed by atoms with Crippen LogP contribution < -0.4 is 15.0 Å². The Balaban J connectivity index is 0.00000109. The van der Waals surface area contributed by atoms with Crippen LogP contribution in [0.3, 0.4) is 0 Å². The van der Waals surface area contributed by atoms with Crippen LogP contribution in [0.5, 0.6) is 5.75 Å². The largest absolute Gasteiger partial charge is 0.493 e. The van der Waals surface area contributed by atoms with Gasteiger partial charge in [0.1, 0.15) is 5.75 Å². The maximum Gasteiger partial charge on any atom is 0.125 e. The Hall–Kier alpha value is -1.19. The number of benzene rings is 2. The van der Waals surface area contributed by atoms with Gasteiger partial charge in [0.25, 0.3) is 0 Å². The Kier molecular flexibility index (Phi) is 6.70. The molecular weight excluding hydrogens is 595 g/mol. The molecule has 30 heavy (non-hydrogen) atoms. The fraction of sp³-hybridized carbons (Fsp3) is 0.480. The summed E-state index contributed by atoms with van der Waals surface area (Å²) >= 11 is 0. The van der Waals surface area contributed by atoms with Crippen molar-refractivity contribution in [2.45, 2.75) is 37.6 Å². The number of hydrogen-bond acceptors (Lipinski definition) is 4. The molecule has 0 aromatic heterocycles. The maximum atomic E-state index is 5.88. The van der Waals surface area contributed by atoms with Gasteiger partial charge in [0.15, 0.2) is 0 Å². The molecule has 2 aromatic carbocycles. The van der Waals surface area contributed by atoms with Gasteiger partial charge in [0, 0.05) is 74.5 Å². The first-order chi connectivity index (χ1) is 13.9. The van der Waals surface area contributed by atoms with Crippen LogP contribution in [0.1, 0.15) is 35.4 Å². The van der Waals surface area contributed by atoms with Crippen molar-refractivity contribution in [1.29, 1.82) is 0 Å². The van der Waals surface area contributed by atoms with Crippen molar-refractivity contribution >= 4 is 11.4 Å². The molecule has 2 unspecified atom stereocenters. The molecule has 2 aromatic rings. The molecule has 2 atom stereocenters. The maximum absolute atomic E-state index is 5.88. The van der Waals surface area contributed by atoms with Crippen molar-refractivity contribution in [3.8, 4) is 5.75 Å². The molecule has 4 heterocycles. The van der Waals surface area contributed by atoms with Crippen molar-refractivity contribution in [3.05, 3.63) is 60.5 Å². The van der Waals surface area contributed by atoms with Crippen molar-refractivity contribution < 1.29 is 34.7 Å². The van der Waals surface area contributed by atoms with E-state index in [1.807, 2.05) is 0 Å². The fourth-order valence-electron chi connectivity index (χ4n) is 5.94. The number of para-hydroxylation sites is 2. The molecular formula is C25H32N3NpO-. The van der Waals surface area contributed by atoms with Gasteiger partial charge in [0.05, 0.1) is 18.0 Å². The number of likely N-dealkylation sites (tertiary alicyclic amines) is 1. The number of fused-ring (bicyclic) bond motifs is 4. The minimum Gasteiger partial charge on any atom is -0.493 e. The predicted octanol–water partition coefficient (Wildman–Crippen LogP) is 4.11. The topological polar surface area (TPSA) is 27.7 Å². The summed E-state index contributed by atoms with van der Waals surface area (Å²) in [5.74, 6) is 1.85. The van der Waals surface area contributed by atoms with Gasteiger partial charge in [0.2, 0.25) is 0 Å². The number of nitrogens with zero attached hydrogens (tertiary/aromatic N) is 2. The molecule has 4 aliphatic rings. The molecule has 0 aliphatic carbocycles. The fourth-order valence-corrected chi connectivity index (χ4v) is 5.94. The smallest absolute Gasteiger partial charge is 0.125 e. The zero-order chi connectivity index (χ0) is 18.5. The van der Waals surface area contributed by atoms with Crippen LogP contribution in [-0.4, -0.2) is 50.3 Å². The Morgan fingerprint density at radius 3 is 2.93 bits per heavy atom. The van der Waals surface area contributed by atoms with E-state index in [0.29, 0.717) is 12.0 Å². The van der Waals surface area contributed by atoms with Crippen LogP contribution in [0.2, 0.25) is 0 Å². The SMILES string of the molecule is [CH3-].[Np].c1cc(CCCN2CCC3C(C2)c2cccc4c2N3CCN4)c2c(c1)CCO2. The van der Waals surface area contributed by atoms with E-state index >= 15 is 0 Å². The molecule has 0 bridgehead atoms. The Bertz CT molecular complexity index is 902. The second kappa shape index (κ2) is 9.12. The number of hydrogen-bond donors (Lipinski definition) is 1. The summed E-state index contributed by atoms with van der Waals surface area (Å²) < 4.78 is 5.88. The Morgan fingerprint density at radius 2 is 2.00 bits per heavy atom. The van der Waals surface area contributed by atoms with Gasteiger partial charge < -0.3 is 27.3 Å². The van der Waals surface area contributed by atoms with Crippen molar-refractivity contribution in [2.75, 3.05) is 49.5 Å². The molecule has 159 valence electrons. The van der Waals surface area contributed by atoms with Crippen LogP contribution in [0.4, 0.5) is 11.4 Å². The number of rotatable bonds is 4. The number of aryl methyl sites for hydroxylation is 1. The molecule has 1 fully saturated rings. The molecule has 1 N–H and O–H groups in total. The van der Waals surface area contributed by atoms with Crippen molar-refractivity contribution in [1.82, 2.24) is 4.90 Å². The average molecular weight is 628 g/mol. The summed E-state index contributed by atoms with van der Waals surface area (Å²) in [5, 5.41) is 3.60. The molecule has 4 aliphatic heterocycles. The summed E-state index contributed by atoms with van der Waals surface area (Å²) in [7, 11) is 0. The van der Waals surface area contributed by atoms with Crippen LogP contribution in [0.15, 0.2) is 36.4 Å². The summed E-state index contributed by atoms with van der Waals surface area (Å²) in [6, 6.07) is 14.2. The summed E-state index contributed by atoms with van der Waals surface area (Å²) in [5.41, 5.74) is 7.23. The van der Waals surface area contributed by atoms with Crippen LogP contribution in [-0.2, 0) is 12.8 Å². The number of ether oxygens (including phenoxy) is 1. The predicted molar refractivity (Wildman–Crippen MR) is 120 cm³/mol. The standard InChI is InChI=1S/C24H29N3O.CH3.Np/c1-4-17(24-18(5-1)10-15-28-24)6-3-12-26-13-9-22-20(16-26)19-7-2-8-21-23(19)27(22)14-11-25-21;;/h1-2,4-5,7-8,20,22,25H,3,6,9-16H2;1H3;/q;-1;. The van der Waals surface area contributed by atoms with Crippen LogP contribution in [0.25, 0.3) is 0 Å². The first-order valence-corrected chi connectivity index (χ1v) is 11.0. The minimum absolute atomic E-state index is 0. The second-order valence-electron chi connectivity index (χ2n) is 8.73. The Morgan fingerprint density at radius 1 is 1.10 bits per heavy atom. The molecule has 5 heteroatoms. The van der Waals surface area contributed by atoms with Gasteiger partial charge in [-0.2, -0.15) is 0 Å². The molecule has 0 saturated carbocycles. The van der Waals surface area contributed by atoms with E-state index in [4.69, 9.17) is 4.74 Å². The summed E-state index contributed by atoms with van der Waals surface area (Å²) in [6.45, 7) is 6.73. The van der Waals surface area contributed by atoms with Gasteiger partial charge in [-0.25, -0.2) is 0 Å². The minimum atomic E-state index is 0. The van der Waals surface area contributed by atoms with E-state index in [-0.39, 0.29) is 37.4 Å². The average Bonchev–Trinajstić information content (AvgIpc) is 3.34. The van der Waals surface area contributed by atoms with Gasteiger partial charge in [-0.3, -0.25) is 0 Å². The molecule has 1 radical (unpaired) electrons. The van der Waals surface area contributed by atoms with Crippen LogP contribution >= 0.6 is 0 Å². The quantitative estimate of drug-likeness (QED) is 0.517. The zero-order valence-corrected chi connectivity index (χ0v) is 21.7. The van der Waals surface area contributed by atoms with Crippen molar-refractivity contribution in [2.24, 2.45) is 0 Å². The monoisotopic (exact) mass is 626 g/mol. The number of anilines is 2. The van der Waals surface area contributed by atoms with Gasteiger partial charge in [-0.05, 0) is 48.6 Å². The first kappa shape index (κ1) is 22.0. The molecule has 4 nitrogen and oxygen atoms in total. The van der Waals surface area contributed by atoms with Gasteiger partial charge in [-0.15, -0.1) is 0 Å². The number of nitrogens with one attached hydrogen (secondary N) is 1. The molecule has 6 rings (SSSR count). The molecule has 0 amide bonds. The Labute approximate surface area is 203 Å². The van der Waals surface area contributed by atoms with E-state index in [1.165, 1.54) is 60.7 Å². The van der Waals surface area contributed by atoms with Crippen molar-refractivity contribution in [3.63, 3.8) is 0 Å². The van der Waals surface area contributed by atoms with E-state index in [2.05, 4.69) is 51.5 Å². The van der Waals surface area contributed by atoms with Gasteiger partial charge in [-0.1, -0.05) is 30.3 Å². The first-order valence-electron chi connectivity index (χ1n) is 11.0.